The molecular formula is C14H20ClN3O. The average Bonchev–Trinajstić information content (AvgIpc) is 2.82. The summed E-state index contributed by atoms with van der Waals surface area (Å²) in [5.41, 5.74) is 1.28. The number of rotatable bonds is 4. The zero-order valence-electron chi connectivity index (χ0n) is 11.8. The van der Waals surface area contributed by atoms with Crippen molar-refractivity contribution in [1.82, 2.24) is 15.1 Å². The van der Waals surface area contributed by atoms with E-state index in [-0.39, 0.29) is 5.54 Å². The van der Waals surface area contributed by atoms with Crippen molar-refractivity contribution in [3.8, 4) is 0 Å². The van der Waals surface area contributed by atoms with Gasteiger partial charge in [-0.1, -0.05) is 11.6 Å². The fraction of sp³-hybridized carbons (Fsp3) is 0.500. The van der Waals surface area contributed by atoms with Crippen LogP contribution in [0.4, 0.5) is 0 Å². The molecule has 0 radical (unpaired) electrons. The number of furan rings is 1. The Morgan fingerprint density at radius 2 is 2.16 bits per heavy atom. The highest BCUT2D eigenvalue weighted by Crippen LogP contribution is 2.17. The lowest BCUT2D eigenvalue weighted by atomic mass is 10.1. The van der Waals surface area contributed by atoms with Crippen molar-refractivity contribution >= 4 is 11.6 Å². The van der Waals surface area contributed by atoms with Gasteiger partial charge in [-0.05, 0) is 33.8 Å². The molecule has 0 amide bonds. The molecule has 5 heteroatoms. The molecule has 0 spiro atoms. The van der Waals surface area contributed by atoms with Crippen molar-refractivity contribution in [2.75, 3.05) is 0 Å². The van der Waals surface area contributed by atoms with Crippen LogP contribution in [0.1, 0.15) is 37.9 Å². The molecule has 0 fully saturated rings. The summed E-state index contributed by atoms with van der Waals surface area (Å²) in [6.45, 7) is 9.83. The van der Waals surface area contributed by atoms with Crippen LogP contribution in [0.3, 0.4) is 0 Å². The van der Waals surface area contributed by atoms with Crippen LogP contribution in [0.25, 0.3) is 0 Å². The number of hydrogen-bond acceptors (Lipinski definition) is 3. The number of hydrogen-bond donors (Lipinski definition) is 1. The van der Waals surface area contributed by atoms with E-state index in [1.165, 1.54) is 5.56 Å². The lowest BCUT2D eigenvalue weighted by molar-refractivity contribution is 0.418. The van der Waals surface area contributed by atoms with E-state index < -0.39 is 0 Å². The maximum atomic E-state index is 5.84. The van der Waals surface area contributed by atoms with Gasteiger partial charge in [0.1, 0.15) is 11.5 Å². The molecule has 0 saturated carbocycles. The first-order chi connectivity index (χ1) is 8.83. The summed E-state index contributed by atoms with van der Waals surface area (Å²) in [5.74, 6) is 1.84. The Hall–Kier alpha value is -1.26. The predicted molar refractivity (Wildman–Crippen MR) is 76.4 cm³/mol. The van der Waals surface area contributed by atoms with Gasteiger partial charge in [0, 0.05) is 23.8 Å². The summed E-state index contributed by atoms with van der Waals surface area (Å²) < 4.78 is 7.51. The Balaban J connectivity index is 2.04. The van der Waals surface area contributed by atoms with E-state index in [1.807, 2.05) is 6.92 Å². The highest BCUT2D eigenvalue weighted by Gasteiger charge is 2.13. The fourth-order valence-corrected chi connectivity index (χ4v) is 1.94. The van der Waals surface area contributed by atoms with Gasteiger partial charge in [0.15, 0.2) is 0 Å². The van der Waals surface area contributed by atoms with Gasteiger partial charge >= 0.3 is 0 Å². The largest absolute Gasteiger partial charge is 0.464 e. The van der Waals surface area contributed by atoms with Gasteiger partial charge in [-0.2, -0.15) is 5.10 Å². The van der Waals surface area contributed by atoms with Crippen LogP contribution < -0.4 is 5.32 Å². The second-order valence-electron chi connectivity index (χ2n) is 5.75. The Morgan fingerprint density at radius 1 is 1.42 bits per heavy atom. The molecular weight excluding hydrogens is 262 g/mol. The molecule has 2 rings (SSSR count). The Kier molecular flexibility index (Phi) is 4.02. The topological polar surface area (TPSA) is 43.0 Å². The number of nitrogens with zero attached hydrogens (tertiary/aromatic N) is 2. The van der Waals surface area contributed by atoms with Gasteiger partial charge in [-0.15, -0.1) is 0 Å². The van der Waals surface area contributed by atoms with Gasteiger partial charge in [0.2, 0.25) is 0 Å². The molecule has 0 aliphatic carbocycles. The quantitative estimate of drug-likeness (QED) is 0.934. The third-order valence-corrected chi connectivity index (χ3v) is 3.00. The minimum Gasteiger partial charge on any atom is -0.464 e. The van der Waals surface area contributed by atoms with Crippen LogP contribution in [0, 0.1) is 6.92 Å². The molecule has 0 aliphatic heterocycles. The van der Waals surface area contributed by atoms with E-state index in [1.54, 1.807) is 17.1 Å². The molecule has 2 heterocycles. The number of aryl methyl sites for hydroxylation is 1. The zero-order valence-corrected chi connectivity index (χ0v) is 12.6. The molecule has 19 heavy (non-hydrogen) atoms. The van der Waals surface area contributed by atoms with Crippen molar-refractivity contribution in [3.05, 3.63) is 40.6 Å². The summed E-state index contributed by atoms with van der Waals surface area (Å²) in [6.07, 6.45) is 3.41. The van der Waals surface area contributed by atoms with Crippen molar-refractivity contribution < 1.29 is 4.42 Å². The molecule has 0 atom stereocenters. The van der Waals surface area contributed by atoms with Crippen molar-refractivity contribution in [1.29, 1.82) is 0 Å². The normalized spacial score (nSPS) is 12.1. The van der Waals surface area contributed by atoms with E-state index in [0.717, 1.165) is 18.1 Å². The van der Waals surface area contributed by atoms with Crippen LogP contribution in [-0.4, -0.2) is 15.3 Å². The average molecular weight is 282 g/mol. The molecule has 0 aromatic carbocycles. The SMILES string of the molecule is Cc1oc(Cn2cc(Cl)cn2)cc1CNC(C)(C)C. The molecule has 104 valence electrons. The van der Waals surface area contributed by atoms with Crippen molar-refractivity contribution in [2.24, 2.45) is 0 Å². The van der Waals surface area contributed by atoms with Gasteiger partial charge in [0.25, 0.3) is 0 Å². The second-order valence-corrected chi connectivity index (χ2v) is 6.19. The van der Waals surface area contributed by atoms with Crippen LogP contribution in [0.2, 0.25) is 5.02 Å². The standard InChI is InChI=1S/C14H20ClN3O/c1-10-11(6-16-14(2,3)4)5-13(19-10)9-18-8-12(15)7-17-18/h5,7-8,16H,6,9H2,1-4H3. The van der Waals surface area contributed by atoms with Crippen LogP contribution in [0.5, 0.6) is 0 Å². The molecule has 0 aliphatic rings. The summed E-state index contributed by atoms with van der Waals surface area (Å²) in [6, 6.07) is 2.07. The molecule has 2 aromatic heterocycles. The minimum absolute atomic E-state index is 0.0966. The smallest absolute Gasteiger partial charge is 0.125 e. The first-order valence-electron chi connectivity index (χ1n) is 6.35. The molecule has 0 unspecified atom stereocenters. The van der Waals surface area contributed by atoms with E-state index in [9.17, 15) is 0 Å². The van der Waals surface area contributed by atoms with Gasteiger partial charge in [0.05, 0.1) is 17.8 Å². The Morgan fingerprint density at radius 3 is 2.74 bits per heavy atom. The molecule has 0 bridgehead atoms. The first-order valence-corrected chi connectivity index (χ1v) is 6.72. The number of aromatic nitrogens is 2. The molecule has 4 nitrogen and oxygen atoms in total. The summed E-state index contributed by atoms with van der Waals surface area (Å²) >= 11 is 5.84. The van der Waals surface area contributed by atoms with Gasteiger partial charge in [-0.3, -0.25) is 4.68 Å². The van der Waals surface area contributed by atoms with Crippen molar-refractivity contribution in [2.45, 2.75) is 46.3 Å². The van der Waals surface area contributed by atoms with Crippen molar-refractivity contribution in [3.63, 3.8) is 0 Å². The number of nitrogens with one attached hydrogen (secondary N) is 1. The lowest BCUT2D eigenvalue weighted by Gasteiger charge is -2.20. The minimum atomic E-state index is 0.0966. The van der Waals surface area contributed by atoms with E-state index in [2.05, 4.69) is 37.3 Å². The Labute approximate surface area is 118 Å². The van der Waals surface area contributed by atoms with Crippen LogP contribution in [0.15, 0.2) is 22.9 Å². The third kappa shape index (κ3) is 4.11. The predicted octanol–water partition coefficient (Wildman–Crippen LogP) is 3.37. The van der Waals surface area contributed by atoms with Crippen LogP contribution >= 0.6 is 11.6 Å². The summed E-state index contributed by atoms with van der Waals surface area (Å²) in [7, 11) is 0. The fourth-order valence-electron chi connectivity index (χ4n) is 1.79. The molecule has 1 N–H and O–H groups in total. The number of halogens is 1. The van der Waals surface area contributed by atoms with E-state index in [0.29, 0.717) is 11.6 Å². The summed E-state index contributed by atoms with van der Waals surface area (Å²) in [5, 5.41) is 8.24. The maximum absolute atomic E-state index is 5.84. The van der Waals surface area contributed by atoms with E-state index in [4.69, 9.17) is 16.0 Å². The highest BCUT2D eigenvalue weighted by molar-refractivity contribution is 6.30. The second kappa shape index (κ2) is 5.39. The molecule has 0 saturated heterocycles. The van der Waals surface area contributed by atoms with Crippen LogP contribution in [-0.2, 0) is 13.1 Å². The zero-order chi connectivity index (χ0) is 14.0. The lowest BCUT2D eigenvalue weighted by Crippen LogP contribution is -2.35. The first kappa shape index (κ1) is 14.2. The monoisotopic (exact) mass is 281 g/mol. The van der Waals surface area contributed by atoms with Gasteiger partial charge < -0.3 is 9.73 Å². The Bertz CT molecular complexity index is 551. The summed E-state index contributed by atoms with van der Waals surface area (Å²) in [4.78, 5) is 0. The highest BCUT2D eigenvalue weighted by atomic mass is 35.5. The molecule has 2 aromatic rings. The van der Waals surface area contributed by atoms with Gasteiger partial charge in [-0.25, -0.2) is 0 Å². The third-order valence-electron chi connectivity index (χ3n) is 2.80. The van der Waals surface area contributed by atoms with E-state index >= 15 is 0 Å². The maximum Gasteiger partial charge on any atom is 0.125 e.